The Labute approximate surface area is 160 Å². The van der Waals surface area contributed by atoms with E-state index in [1.807, 2.05) is 25.9 Å². The Kier molecular flexibility index (Phi) is 7.79. The lowest BCUT2D eigenvalue weighted by molar-refractivity contribution is -0.135. The molecule has 0 atom stereocenters. The fraction of sp³-hybridized carbons (Fsp3) is 0.632. The number of benzene rings is 1. The number of ether oxygens (including phenoxy) is 1. The zero-order chi connectivity index (χ0) is 20.0. The molecule has 0 radical (unpaired) electrons. The zero-order valence-corrected chi connectivity index (χ0v) is 16.7. The van der Waals surface area contributed by atoms with Crippen LogP contribution in [0.1, 0.15) is 6.92 Å². The first kappa shape index (κ1) is 21.4. The summed E-state index contributed by atoms with van der Waals surface area (Å²) in [5.41, 5.74) is -0.0545. The van der Waals surface area contributed by atoms with Crippen molar-refractivity contribution in [2.45, 2.75) is 6.92 Å². The number of anilines is 1. The molecule has 1 fully saturated rings. The van der Waals surface area contributed by atoms with E-state index in [1.54, 1.807) is 16.8 Å². The molecule has 8 heteroatoms. The maximum absolute atomic E-state index is 14.4. The van der Waals surface area contributed by atoms with Crippen molar-refractivity contribution in [2.75, 3.05) is 78.5 Å². The molecule has 2 rings (SSSR count). The summed E-state index contributed by atoms with van der Waals surface area (Å²) in [7, 11) is 5.53. The number of carbonyl (C=O) groups is 1. The standard InChI is InChI=1S/C19H30F2N4O2/c1-5-22(2)6-8-24(4)19-16(20)12-15(13-17(19)21)27-11-10-25-9-7-23(3)14-18(25)26/h12-13H,5-11,14H2,1-4H3. The Hall–Kier alpha value is -1.93. The third-order valence-electron chi connectivity index (χ3n) is 4.87. The highest BCUT2D eigenvalue weighted by atomic mass is 19.1. The summed E-state index contributed by atoms with van der Waals surface area (Å²) in [6, 6.07) is 2.40. The predicted molar refractivity (Wildman–Crippen MR) is 102 cm³/mol. The van der Waals surface area contributed by atoms with Crippen LogP contribution in [-0.4, -0.2) is 94.2 Å². The molecule has 1 aromatic rings. The van der Waals surface area contributed by atoms with Crippen molar-refractivity contribution in [3.8, 4) is 5.75 Å². The Bertz CT molecular complexity index is 621. The smallest absolute Gasteiger partial charge is 0.236 e. The van der Waals surface area contributed by atoms with E-state index in [0.717, 1.165) is 13.1 Å². The van der Waals surface area contributed by atoms with Gasteiger partial charge >= 0.3 is 0 Å². The van der Waals surface area contributed by atoms with Crippen LogP contribution >= 0.6 is 0 Å². The fourth-order valence-corrected chi connectivity index (χ4v) is 2.92. The second-order valence-corrected chi connectivity index (χ2v) is 7.02. The van der Waals surface area contributed by atoms with Crippen LogP contribution in [0.3, 0.4) is 0 Å². The van der Waals surface area contributed by atoms with Gasteiger partial charge in [0, 0.05) is 45.4 Å². The number of hydrogen-bond acceptors (Lipinski definition) is 5. The third kappa shape index (κ3) is 6.04. The van der Waals surface area contributed by atoms with Crippen molar-refractivity contribution in [3.05, 3.63) is 23.8 Å². The molecular weight excluding hydrogens is 354 g/mol. The van der Waals surface area contributed by atoms with Crippen LogP contribution in [0.5, 0.6) is 5.75 Å². The van der Waals surface area contributed by atoms with Crippen LogP contribution in [0.15, 0.2) is 12.1 Å². The number of halogens is 2. The minimum atomic E-state index is -0.651. The van der Waals surface area contributed by atoms with Gasteiger partial charge in [-0.25, -0.2) is 8.78 Å². The summed E-state index contributed by atoms with van der Waals surface area (Å²) in [5.74, 6) is -1.13. The second kappa shape index (κ2) is 9.85. The molecule has 0 aliphatic carbocycles. The lowest BCUT2D eigenvalue weighted by atomic mass is 10.2. The molecule has 0 aromatic heterocycles. The summed E-state index contributed by atoms with van der Waals surface area (Å²) in [6.07, 6.45) is 0. The van der Waals surface area contributed by atoms with E-state index in [9.17, 15) is 13.6 Å². The van der Waals surface area contributed by atoms with E-state index in [4.69, 9.17) is 4.74 Å². The van der Waals surface area contributed by atoms with E-state index in [2.05, 4.69) is 4.90 Å². The highest BCUT2D eigenvalue weighted by Gasteiger charge is 2.21. The van der Waals surface area contributed by atoms with E-state index in [0.29, 0.717) is 32.7 Å². The number of nitrogens with zero attached hydrogens (tertiary/aromatic N) is 4. The number of carbonyl (C=O) groups excluding carboxylic acids is 1. The van der Waals surface area contributed by atoms with Gasteiger partial charge < -0.3 is 19.4 Å². The first-order valence-electron chi connectivity index (χ1n) is 9.29. The van der Waals surface area contributed by atoms with Crippen molar-refractivity contribution in [2.24, 2.45) is 0 Å². The van der Waals surface area contributed by atoms with E-state index >= 15 is 0 Å². The van der Waals surface area contributed by atoms with Crippen LogP contribution in [-0.2, 0) is 4.79 Å². The Balaban J connectivity index is 1.90. The second-order valence-electron chi connectivity index (χ2n) is 7.02. The number of amides is 1. The number of rotatable bonds is 9. The molecule has 1 amide bonds. The van der Waals surface area contributed by atoms with Crippen LogP contribution in [0, 0.1) is 11.6 Å². The van der Waals surface area contributed by atoms with Gasteiger partial charge in [-0.05, 0) is 20.6 Å². The van der Waals surface area contributed by atoms with E-state index in [1.165, 1.54) is 12.1 Å². The van der Waals surface area contributed by atoms with E-state index in [-0.39, 0.29) is 24.0 Å². The highest BCUT2D eigenvalue weighted by Crippen LogP contribution is 2.27. The minimum absolute atomic E-state index is 0.0405. The molecule has 1 aliphatic heterocycles. The van der Waals surface area contributed by atoms with Gasteiger partial charge in [-0.3, -0.25) is 9.69 Å². The summed E-state index contributed by atoms with van der Waals surface area (Å²) in [5, 5.41) is 0. The van der Waals surface area contributed by atoms with Crippen LogP contribution < -0.4 is 9.64 Å². The lowest BCUT2D eigenvalue weighted by Gasteiger charge is -2.32. The first-order chi connectivity index (χ1) is 12.8. The predicted octanol–water partition coefficient (Wildman–Crippen LogP) is 1.51. The van der Waals surface area contributed by atoms with E-state index < -0.39 is 11.6 Å². The van der Waals surface area contributed by atoms with Crippen molar-refractivity contribution < 1.29 is 18.3 Å². The van der Waals surface area contributed by atoms with Gasteiger partial charge in [0.1, 0.15) is 18.0 Å². The molecule has 0 saturated carbocycles. The van der Waals surface area contributed by atoms with Crippen LogP contribution in [0.25, 0.3) is 0 Å². The van der Waals surface area contributed by atoms with Gasteiger partial charge in [-0.15, -0.1) is 0 Å². The summed E-state index contributed by atoms with van der Waals surface area (Å²) in [4.78, 5) is 19.2. The molecule has 0 bridgehead atoms. The highest BCUT2D eigenvalue weighted by molar-refractivity contribution is 5.78. The van der Waals surface area contributed by atoms with Crippen molar-refractivity contribution in [1.82, 2.24) is 14.7 Å². The van der Waals surface area contributed by atoms with Gasteiger partial charge in [0.15, 0.2) is 11.6 Å². The average Bonchev–Trinajstić information content (AvgIpc) is 2.61. The molecule has 0 unspecified atom stereocenters. The third-order valence-corrected chi connectivity index (χ3v) is 4.87. The largest absolute Gasteiger partial charge is 0.492 e. The Morgan fingerprint density at radius 2 is 1.81 bits per heavy atom. The Morgan fingerprint density at radius 3 is 2.41 bits per heavy atom. The SMILES string of the molecule is CCN(C)CCN(C)c1c(F)cc(OCCN2CCN(C)CC2=O)cc1F. The van der Waals surface area contributed by atoms with Crippen molar-refractivity contribution in [3.63, 3.8) is 0 Å². The maximum Gasteiger partial charge on any atom is 0.236 e. The molecule has 152 valence electrons. The van der Waals surface area contributed by atoms with Gasteiger partial charge in [0.2, 0.25) is 5.91 Å². The molecular formula is C19H30F2N4O2. The van der Waals surface area contributed by atoms with Crippen molar-refractivity contribution >= 4 is 11.6 Å². The number of piperazine rings is 1. The summed E-state index contributed by atoms with van der Waals surface area (Å²) in [6.45, 7) is 6.57. The topological polar surface area (TPSA) is 39.3 Å². The molecule has 1 saturated heterocycles. The molecule has 1 heterocycles. The zero-order valence-electron chi connectivity index (χ0n) is 16.7. The minimum Gasteiger partial charge on any atom is -0.492 e. The van der Waals surface area contributed by atoms with Gasteiger partial charge in [-0.1, -0.05) is 6.92 Å². The fourth-order valence-electron chi connectivity index (χ4n) is 2.92. The Morgan fingerprint density at radius 1 is 1.15 bits per heavy atom. The van der Waals surface area contributed by atoms with Gasteiger partial charge in [-0.2, -0.15) is 0 Å². The number of likely N-dealkylation sites (N-methyl/N-ethyl adjacent to an activating group) is 3. The molecule has 0 spiro atoms. The summed E-state index contributed by atoms with van der Waals surface area (Å²) < 4.78 is 34.3. The first-order valence-corrected chi connectivity index (χ1v) is 9.29. The van der Waals surface area contributed by atoms with Gasteiger partial charge in [0.25, 0.3) is 0 Å². The molecule has 1 aliphatic rings. The quantitative estimate of drug-likeness (QED) is 0.645. The van der Waals surface area contributed by atoms with Crippen LogP contribution in [0.2, 0.25) is 0 Å². The summed E-state index contributed by atoms with van der Waals surface area (Å²) >= 11 is 0. The molecule has 1 aromatic carbocycles. The average molecular weight is 384 g/mol. The normalized spacial score (nSPS) is 15.5. The monoisotopic (exact) mass is 384 g/mol. The van der Waals surface area contributed by atoms with Crippen LogP contribution in [0.4, 0.5) is 14.5 Å². The maximum atomic E-state index is 14.4. The van der Waals surface area contributed by atoms with Crippen molar-refractivity contribution in [1.29, 1.82) is 0 Å². The molecule has 27 heavy (non-hydrogen) atoms. The number of hydrogen-bond donors (Lipinski definition) is 0. The van der Waals surface area contributed by atoms with Gasteiger partial charge in [0.05, 0.1) is 13.1 Å². The lowest BCUT2D eigenvalue weighted by Crippen LogP contribution is -2.49. The molecule has 6 nitrogen and oxygen atoms in total. The molecule has 0 N–H and O–H groups in total.